The van der Waals surface area contributed by atoms with Crippen molar-refractivity contribution >= 4 is 17.8 Å². The molecule has 170 valence electrons. The molecule has 0 aromatic heterocycles. The van der Waals surface area contributed by atoms with E-state index in [2.05, 4.69) is 0 Å². The Labute approximate surface area is 179 Å². The average Bonchev–Trinajstić information content (AvgIpc) is 2.98. The van der Waals surface area contributed by atoms with Crippen LogP contribution in [0.3, 0.4) is 0 Å². The van der Waals surface area contributed by atoms with Crippen LogP contribution in [0, 0.1) is 5.92 Å². The third-order valence-corrected chi connectivity index (χ3v) is 6.05. The van der Waals surface area contributed by atoms with Gasteiger partial charge in [-0.15, -0.1) is 0 Å². The molecule has 1 aliphatic heterocycles. The lowest BCUT2D eigenvalue weighted by Gasteiger charge is -2.30. The predicted molar refractivity (Wildman–Crippen MR) is 108 cm³/mol. The molecule has 6 nitrogen and oxygen atoms in total. The monoisotopic (exact) mass is 439 g/mol. The zero-order valence-electron chi connectivity index (χ0n) is 17.3. The molecule has 1 aromatic carbocycles. The Kier molecular flexibility index (Phi) is 7.23. The first-order valence-corrected chi connectivity index (χ1v) is 10.8. The molecular formula is C22H28F3N3O3. The van der Waals surface area contributed by atoms with Gasteiger partial charge in [-0.05, 0) is 30.7 Å². The highest BCUT2D eigenvalue weighted by atomic mass is 19.4. The summed E-state index contributed by atoms with van der Waals surface area (Å²) in [5.41, 5.74) is -2.45. The summed E-state index contributed by atoms with van der Waals surface area (Å²) in [5, 5.41) is 3.51. The first-order valence-electron chi connectivity index (χ1n) is 10.8. The molecule has 3 rings (SSSR count). The lowest BCUT2D eigenvalue weighted by Crippen LogP contribution is -2.69. The second-order valence-corrected chi connectivity index (χ2v) is 8.31. The molecule has 1 aromatic rings. The Morgan fingerprint density at radius 1 is 1.13 bits per heavy atom. The summed E-state index contributed by atoms with van der Waals surface area (Å²) in [7, 11) is 0. The molecule has 0 unspecified atom stereocenters. The molecule has 4 amide bonds. The number of alkyl halides is 3. The zero-order valence-corrected chi connectivity index (χ0v) is 17.3. The number of urea groups is 1. The van der Waals surface area contributed by atoms with Gasteiger partial charge in [0.05, 0.1) is 0 Å². The van der Waals surface area contributed by atoms with Gasteiger partial charge in [0, 0.05) is 13.0 Å². The largest absolute Gasteiger partial charge is 0.440 e. The van der Waals surface area contributed by atoms with E-state index < -0.39 is 29.7 Å². The van der Waals surface area contributed by atoms with Gasteiger partial charge >= 0.3 is 12.2 Å². The fraction of sp³-hybridized carbons (Fsp3) is 0.591. The summed E-state index contributed by atoms with van der Waals surface area (Å²) in [6.45, 7) is -0.171. The van der Waals surface area contributed by atoms with Crippen LogP contribution < -0.4 is 10.6 Å². The summed E-state index contributed by atoms with van der Waals surface area (Å²) in [4.78, 5) is 37.8. The molecule has 1 aliphatic carbocycles. The Morgan fingerprint density at radius 3 is 2.45 bits per heavy atom. The maximum Gasteiger partial charge on any atom is 0.440 e. The first-order chi connectivity index (χ1) is 14.7. The highest BCUT2D eigenvalue weighted by Crippen LogP contribution is 2.34. The smallest absolute Gasteiger partial charge is 0.318 e. The number of hydrogen-bond acceptors (Lipinski definition) is 3. The summed E-state index contributed by atoms with van der Waals surface area (Å²) < 4.78 is 41.6. The number of carbonyl (C=O) groups is 3. The minimum Gasteiger partial charge on any atom is -0.318 e. The van der Waals surface area contributed by atoms with Crippen molar-refractivity contribution in [2.75, 3.05) is 6.54 Å². The van der Waals surface area contributed by atoms with Gasteiger partial charge in [0.2, 0.25) is 5.91 Å². The van der Waals surface area contributed by atoms with E-state index in [-0.39, 0.29) is 13.0 Å². The number of carbonyl (C=O) groups excluding carboxylic acids is 3. The van der Waals surface area contributed by atoms with Crippen LogP contribution in [-0.2, 0) is 16.0 Å². The van der Waals surface area contributed by atoms with Gasteiger partial charge in [-0.1, -0.05) is 62.4 Å². The first kappa shape index (κ1) is 23.1. The topological polar surface area (TPSA) is 78.5 Å². The Hall–Kier alpha value is -2.58. The number of aryl methyl sites for hydroxylation is 1. The lowest BCUT2D eigenvalue weighted by atomic mass is 9.86. The van der Waals surface area contributed by atoms with E-state index >= 15 is 0 Å². The van der Waals surface area contributed by atoms with E-state index in [1.165, 1.54) is 0 Å². The number of amides is 4. The summed E-state index contributed by atoms with van der Waals surface area (Å²) in [5.74, 6) is -2.06. The maximum atomic E-state index is 13.9. The fourth-order valence-corrected chi connectivity index (χ4v) is 4.30. The Balaban J connectivity index is 1.62. The molecule has 0 spiro atoms. The third kappa shape index (κ3) is 5.37. The number of nitrogens with one attached hydrogen (secondary N) is 2. The van der Waals surface area contributed by atoms with Crippen LogP contribution in [0.2, 0.25) is 0 Å². The lowest BCUT2D eigenvalue weighted by molar-refractivity contribution is -0.204. The summed E-state index contributed by atoms with van der Waals surface area (Å²) in [6.07, 6.45) is 1.20. The number of imide groups is 1. The molecule has 1 heterocycles. The number of rotatable bonds is 8. The van der Waals surface area contributed by atoms with Crippen molar-refractivity contribution < 1.29 is 27.6 Å². The van der Waals surface area contributed by atoms with Crippen molar-refractivity contribution in [2.45, 2.75) is 69.6 Å². The van der Waals surface area contributed by atoms with Crippen molar-refractivity contribution in [3.63, 3.8) is 0 Å². The molecule has 1 atom stereocenters. The van der Waals surface area contributed by atoms with Crippen LogP contribution in [0.1, 0.15) is 56.9 Å². The van der Waals surface area contributed by atoms with Gasteiger partial charge in [0.15, 0.2) is 0 Å². The zero-order chi connectivity index (χ0) is 22.5. The highest BCUT2D eigenvalue weighted by Gasteiger charge is 2.68. The SMILES string of the molecule is O=C(CCC1CCCCC1)N[C@@]1(C(F)(F)F)NC(=O)N(CCCc2ccccc2)C1=O. The molecule has 2 N–H and O–H groups in total. The number of nitrogens with zero attached hydrogens (tertiary/aromatic N) is 1. The summed E-state index contributed by atoms with van der Waals surface area (Å²) >= 11 is 0. The number of benzene rings is 1. The Morgan fingerprint density at radius 2 is 1.81 bits per heavy atom. The standard InChI is InChI=1S/C22H28F3N3O3/c23-22(24,25)21(26-18(29)14-13-17-10-5-2-6-11-17)19(30)28(20(31)27-21)15-7-12-16-8-3-1-4-9-16/h1,3-4,8-9,17H,2,5-7,10-15H2,(H,26,29)(H,27,31)/t21-/m1/s1. The van der Waals surface area contributed by atoms with Crippen LogP contribution in [0.5, 0.6) is 0 Å². The van der Waals surface area contributed by atoms with Crippen molar-refractivity contribution in [1.29, 1.82) is 0 Å². The van der Waals surface area contributed by atoms with Gasteiger partial charge < -0.3 is 5.32 Å². The van der Waals surface area contributed by atoms with Gasteiger partial charge in [-0.3, -0.25) is 19.8 Å². The molecular weight excluding hydrogens is 411 g/mol. The van der Waals surface area contributed by atoms with E-state index in [1.54, 1.807) is 10.6 Å². The molecule has 1 saturated heterocycles. The Bertz CT molecular complexity index is 794. The molecule has 2 aliphatic rings. The maximum absolute atomic E-state index is 13.9. The van der Waals surface area contributed by atoms with Crippen molar-refractivity contribution in [2.24, 2.45) is 5.92 Å². The normalized spacial score (nSPS) is 22.5. The minimum atomic E-state index is -5.16. The molecule has 2 fully saturated rings. The second-order valence-electron chi connectivity index (χ2n) is 8.31. The molecule has 0 radical (unpaired) electrons. The predicted octanol–water partition coefficient (Wildman–Crippen LogP) is 3.91. The molecule has 31 heavy (non-hydrogen) atoms. The fourth-order valence-electron chi connectivity index (χ4n) is 4.30. The number of hydrogen-bond donors (Lipinski definition) is 2. The highest BCUT2D eigenvalue weighted by molar-refractivity contribution is 6.08. The molecule has 0 bridgehead atoms. The number of halogens is 3. The average molecular weight is 439 g/mol. The van der Waals surface area contributed by atoms with Crippen molar-refractivity contribution in [3.05, 3.63) is 35.9 Å². The van der Waals surface area contributed by atoms with Crippen LogP contribution in [0.15, 0.2) is 30.3 Å². The molecule has 9 heteroatoms. The van der Waals surface area contributed by atoms with Gasteiger partial charge in [0.1, 0.15) is 0 Å². The quantitative estimate of drug-likeness (QED) is 0.603. The van der Waals surface area contributed by atoms with E-state index in [1.807, 2.05) is 30.3 Å². The second kappa shape index (κ2) is 9.70. The van der Waals surface area contributed by atoms with E-state index in [4.69, 9.17) is 0 Å². The van der Waals surface area contributed by atoms with Crippen LogP contribution in [0.4, 0.5) is 18.0 Å². The third-order valence-electron chi connectivity index (χ3n) is 6.05. The van der Waals surface area contributed by atoms with Gasteiger partial charge in [-0.25, -0.2) is 4.79 Å². The van der Waals surface area contributed by atoms with Crippen molar-refractivity contribution in [3.8, 4) is 0 Å². The van der Waals surface area contributed by atoms with E-state index in [0.717, 1.165) is 37.7 Å². The van der Waals surface area contributed by atoms with E-state index in [9.17, 15) is 27.6 Å². The summed E-state index contributed by atoms with van der Waals surface area (Å²) in [6, 6.07) is 8.08. The van der Waals surface area contributed by atoms with Crippen LogP contribution in [0.25, 0.3) is 0 Å². The minimum absolute atomic E-state index is 0.111. The van der Waals surface area contributed by atoms with Gasteiger partial charge in [0.25, 0.3) is 11.6 Å². The van der Waals surface area contributed by atoms with Crippen molar-refractivity contribution in [1.82, 2.24) is 15.5 Å². The van der Waals surface area contributed by atoms with Crippen LogP contribution >= 0.6 is 0 Å². The van der Waals surface area contributed by atoms with Gasteiger partial charge in [-0.2, -0.15) is 13.2 Å². The molecule has 1 saturated carbocycles. The van der Waals surface area contributed by atoms with E-state index in [0.29, 0.717) is 30.1 Å². The van der Waals surface area contributed by atoms with Crippen LogP contribution in [-0.4, -0.2) is 41.1 Å².